The maximum absolute atomic E-state index is 14.2. The summed E-state index contributed by atoms with van der Waals surface area (Å²) in [5.41, 5.74) is 2.68. The fraction of sp³-hybridized carbons (Fsp3) is 0.189. The summed E-state index contributed by atoms with van der Waals surface area (Å²) in [6.07, 6.45) is 0.558. The average Bonchev–Trinajstić information content (AvgIpc) is 3.15. The molecule has 0 radical (unpaired) electrons. The molecule has 1 amide bonds. The summed E-state index contributed by atoms with van der Waals surface area (Å²) in [6, 6.07) is 26.7. The van der Waals surface area contributed by atoms with E-state index >= 15 is 0 Å². The Bertz CT molecular complexity index is 1970. The predicted octanol–water partition coefficient (Wildman–Crippen LogP) is 7.44. The third-order valence-electron chi connectivity index (χ3n) is 8.21. The molecule has 1 aliphatic rings. The van der Waals surface area contributed by atoms with Crippen LogP contribution in [0, 0.1) is 34.3 Å². The summed E-state index contributed by atoms with van der Waals surface area (Å²) in [4.78, 5) is 12.6. The fourth-order valence-electron chi connectivity index (χ4n) is 5.57. The van der Waals surface area contributed by atoms with Crippen LogP contribution in [0.4, 0.5) is 22.0 Å². The number of pyridine rings is 1. The summed E-state index contributed by atoms with van der Waals surface area (Å²) in [7, 11) is 0. The molecule has 258 valence electrons. The maximum atomic E-state index is 14.2. The molecule has 7 nitrogen and oxygen atoms in total. The molecule has 4 aromatic carbocycles. The first-order valence-electron chi connectivity index (χ1n) is 15.4. The molecule has 0 spiro atoms. The van der Waals surface area contributed by atoms with Gasteiger partial charge in [0.05, 0.1) is 18.8 Å². The third kappa shape index (κ3) is 7.50. The summed E-state index contributed by atoms with van der Waals surface area (Å²) >= 11 is 1.38. The monoisotopic (exact) mass is 708 g/mol. The minimum atomic E-state index is -2.35. The van der Waals surface area contributed by atoms with Crippen molar-refractivity contribution in [3.8, 4) is 11.1 Å². The van der Waals surface area contributed by atoms with Crippen molar-refractivity contribution in [2.75, 3.05) is 5.75 Å². The molecule has 1 aromatic heterocycles. The summed E-state index contributed by atoms with van der Waals surface area (Å²) in [6.45, 7) is -0.359. The van der Waals surface area contributed by atoms with Gasteiger partial charge in [0, 0.05) is 36.4 Å². The molecule has 1 aliphatic heterocycles. The number of nitrogens with zero attached hydrogens (tertiary/aromatic N) is 1. The van der Waals surface area contributed by atoms with Crippen molar-refractivity contribution < 1.29 is 46.1 Å². The van der Waals surface area contributed by atoms with Crippen LogP contribution in [0.1, 0.15) is 51.4 Å². The number of carbonyl (C=O) groups excluding carboxylic acids is 1. The molecule has 0 unspecified atom stereocenters. The van der Waals surface area contributed by atoms with Gasteiger partial charge in [-0.15, -0.1) is 0 Å². The van der Waals surface area contributed by atoms with Crippen molar-refractivity contribution in [1.29, 1.82) is 0 Å². The molecule has 6 rings (SSSR count). The number of benzene rings is 4. The predicted molar refractivity (Wildman–Crippen MR) is 174 cm³/mol. The van der Waals surface area contributed by atoms with Crippen LogP contribution in [0.3, 0.4) is 0 Å². The number of ether oxygens (including phenoxy) is 2. The van der Waals surface area contributed by atoms with Gasteiger partial charge in [-0.1, -0.05) is 84.6 Å². The Balaban J connectivity index is 1.20. The van der Waals surface area contributed by atoms with E-state index in [1.54, 1.807) is 54.6 Å². The molecule has 0 saturated carbocycles. The van der Waals surface area contributed by atoms with E-state index in [4.69, 9.17) is 9.47 Å². The molecule has 5 aromatic rings. The van der Waals surface area contributed by atoms with Crippen molar-refractivity contribution in [2.24, 2.45) is 0 Å². The maximum Gasteiger partial charge on any atom is 0.257 e. The first-order valence-corrected chi connectivity index (χ1v) is 16.4. The van der Waals surface area contributed by atoms with Crippen molar-refractivity contribution in [1.82, 2.24) is 5.32 Å². The van der Waals surface area contributed by atoms with Crippen LogP contribution >= 0.6 is 11.8 Å². The van der Waals surface area contributed by atoms with E-state index in [9.17, 15) is 37.1 Å². The van der Waals surface area contributed by atoms with E-state index in [1.165, 1.54) is 18.0 Å². The van der Waals surface area contributed by atoms with Gasteiger partial charge >= 0.3 is 0 Å². The van der Waals surface area contributed by atoms with Gasteiger partial charge in [0.2, 0.25) is 5.82 Å². The molecule has 50 heavy (non-hydrogen) atoms. The van der Waals surface area contributed by atoms with Crippen LogP contribution in [-0.2, 0) is 22.6 Å². The molecule has 2 N–H and O–H groups in total. The normalized spacial score (nSPS) is 17.4. The third-order valence-corrected chi connectivity index (χ3v) is 9.36. The topological polar surface area (TPSA) is 94.7 Å². The molecule has 1 fully saturated rings. The zero-order chi connectivity index (χ0) is 35.4. The SMILES string of the molecule is O=C(NCc1ccccc1-c1ccc([C@@H]2O[C@H](CSc3cccc[n+]3[O-])C[C@H](c3ccc(CO)cc3)O2)cc1)c1c(F)c(F)c(F)c(F)c1F. The number of halogens is 5. The standard InChI is InChI=1S/C37H29F5N2O5S/c38-31-30(32(39)34(41)35(42)33(31)40)36(46)43-18-25-5-1-2-6-27(25)22-12-14-24(15-13-22)37-48-26(20-50-29-7-3-4-16-44(29)47)17-28(49-37)23-10-8-21(19-45)9-11-23/h1-16,26,28,37,45H,17-20H2,(H,43,46)/t26-,28+,37+/m0/s1. The number of hydrogen-bond donors (Lipinski definition) is 2. The lowest BCUT2D eigenvalue weighted by Gasteiger charge is -2.36. The number of hydrogen-bond acceptors (Lipinski definition) is 6. The molecule has 13 heteroatoms. The van der Waals surface area contributed by atoms with Crippen molar-refractivity contribution in [2.45, 2.75) is 43.1 Å². The van der Waals surface area contributed by atoms with Gasteiger partial charge in [-0.2, -0.15) is 4.73 Å². The Kier molecular flexibility index (Phi) is 10.8. The summed E-state index contributed by atoms with van der Waals surface area (Å²) < 4.78 is 82.8. The fourth-order valence-corrected chi connectivity index (χ4v) is 6.50. The smallest absolute Gasteiger partial charge is 0.257 e. The van der Waals surface area contributed by atoms with Crippen molar-refractivity contribution in [3.63, 3.8) is 0 Å². The van der Waals surface area contributed by atoms with E-state index in [2.05, 4.69) is 5.32 Å². The van der Waals surface area contributed by atoms with Gasteiger partial charge in [0.15, 0.2) is 35.8 Å². The van der Waals surface area contributed by atoms with Crippen LogP contribution in [0.5, 0.6) is 0 Å². The average molecular weight is 709 g/mol. The number of thioether (sulfide) groups is 1. The molecular weight excluding hydrogens is 679 g/mol. The van der Waals surface area contributed by atoms with E-state index in [1.807, 2.05) is 36.4 Å². The zero-order valence-corrected chi connectivity index (χ0v) is 26.9. The lowest BCUT2D eigenvalue weighted by molar-refractivity contribution is -0.645. The number of aromatic nitrogens is 1. The van der Waals surface area contributed by atoms with Gasteiger partial charge < -0.3 is 25.1 Å². The van der Waals surface area contributed by atoms with E-state index < -0.39 is 46.8 Å². The lowest BCUT2D eigenvalue weighted by atomic mass is 9.97. The highest BCUT2D eigenvalue weighted by atomic mass is 32.2. The Morgan fingerprint density at radius 2 is 1.46 bits per heavy atom. The second-order valence-corrected chi connectivity index (χ2v) is 12.5. The van der Waals surface area contributed by atoms with Gasteiger partial charge in [0.1, 0.15) is 5.56 Å². The molecule has 1 saturated heterocycles. The molecule has 3 atom stereocenters. The molecular formula is C37H29F5N2O5S. The first-order chi connectivity index (χ1) is 24.1. The second kappa shape index (κ2) is 15.4. The van der Waals surface area contributed by atoms with E-state index in [0.29, 0.717) is 39.5 Å². The molecule has 2 heterocycles. The number of nitrogens with one attached hydrogen (secondary N) is 1. The minimum absolute atomic E-state index is 0.0871. The lowest BCUT2D eigenvalue weighted by Crippen LogP contribution is -2.32. The highest BCUT2D eigenvalue weighted by Crippen LogP contribution is 2.40. The van der Waals surface area contributed by atoms with E-state index in [-0.39, 0.29) is 25.4 Å². The van der Waals surface area contributed by atoms with Crippen LogP contribution < -0.4 is 10.0 Å². The summed E-state index contributed by atoms with van der Waals surface area (Å²) in [5.74, 6) is -12.2. The van der Waals surface area contributed by atoms with Crippen LogP contribution in [0.25, 0.3) is 11.1 Å². The largest absolute Gasteiger partial charge is 0.618 e. The molecule has 0 bridgehead atoms. The van der Waals surface area contributed by atoms with Gasteiger partial charge in [-0.3, -0.25) is 4.79 Å². The van der Waals surface area contributed by atoms with Crippen molar-refractivity contribution >= 4 is 17.7 Å². The highest BCUT2D eigenvalue weighted by Gasteiger charge is 2.33. The second-order valence-electron chi connectivity index (χ2n) is 11.4. The Morgan fingerprint density at radius 1 is 0.820 bits per heavy atom. The summed E-state index contributed by atoms with van der Waals surface area (Å²) in [5, 5.41) is 24.5. The van der Waals surface area contributed by atoms with Gasteiger partial charge in [0.25, 0.3) is 10.9 Å². The number of carbonyl (C=O) groups is 1. The van der Waals surface area contributed by atoms with Crippen LogP contribution in [-0.4, -0.2) is 22.9 Å². The quantitative estimate of drug-likeness (QED) is 0.0391. The van der Waals surface area contributed by atoms with Crippen molar-refractivity contribution in [3.05, 3.63) is 159 Å². The zero-order valence-electron chi connectivity index (χ0n) is 26.1. The van der Waals surface area contributed by atoms with Gasteiger partial charge in [-0.05, 0) is 33.9 Å². The highest BCUT2D eigenvalue weighted by molar-refractivity contribution is 7.99. The van der Waals surface area contributed by atoms with Crippen LogP contribution in [0.2, 0.25) is 0 Å². The first kappa shape index (κ1) is 35.0. The van der Waals surface area contributed by atoms with Crippen LogP contribution in [0.15, 0.2) is 102 Å². The number of amides is 1. The molecule has 0 aliphatic carbocycles. The Labute approximate surface area is 287 Å². The number of aliphatic hydroxyl groups is 1. The van der Waals surface area contributed by atoms with E-state index in [0.717, 1.165) is 15.9 Å². The number of rotatable bonds is 10. The van der Waals surface area contributed by atoms with Gasteiger partial charge in [-0.25, -0.2) is 22.0 Å². The Morgan fingerprint density at radius 3 is 2.14 bits per heavy atom. The number of aliphatic hydroxyl groups excluding tert-OH is 1. The Hall–Kier alpha value is -4.82. The minimum Gasteiger partial charge on any atom is -0.618 e.